The van der Waals surface area contributed by atoms with Crippen LogP contribution in [0.5, 0.6) is 5.75 Å². The third-order valence-corrected chi connectivity index (χ3v) is 6.81. The number of piperidine rings is 1. The second kappa shape index (κ2) is 6.53. The molecule has 0 saturated carbocycles. The van der Waals surface area contributed by atoms with E-state index in [9.17, 15) is 4.79 Å². The monoisotopic (exact) mass is 382 g/mol. The molecule has 0 aliphatic carbocycles. The van der Waals surface area contributed by atoms with E-state index in [4.69, 9.17) is 15.3 Å². The third-order valence-electron chi connectivity index (χ3n) is 6.81. The van der Waals surface area contributed by atoms with E-state index in [1.165, 1.54) is 16.6 Å². The van der Waals surface area contributed by atoms with Crippen molar-refractivity contribution >= 4 is 16.8 Å². The lowest BCUT2D eigenvalue weighted by molar-refractivity contribution is -0.120. The first-order valence-electron chi connectivity index (χ1n) is 9.89. The van der Waals surface area contributed by atoms with Crippen molar-refractivity contribution < 1.29 is 14.3 Å². The Bertz CT molecular complexity index is 966. The second-order valence-corrected chi connectivity index (χ2v) is 8.08. The summed E-state index contributed by atoms with van der Waals surface area (Å²) in [5.74, 6) is 6.49. The predicted molar refractivity (Wildman–Crippen MR) is 105 cm³/mol. The van der Waals surface area contributed by atoms with Crippen molar-refractivity contribution in [2.45, 2.75) is 31.9 Å². The highest BCUT2D eigenvalue weighted by atomic mass is 16.5. The van der Waals surface area contributed by atoms with Gasteiger partial charge in [0.1, 0.15) is 5.75 Å². The van der Waals surface area contributed by atoms with Crippen LogP contribution in [0.2, 0.25) is 0 Å². The van der Waals surface area contributed by atoms with Crippen LogP contribution >= 0.6 is 0 Å². The fourth-order valence-corrected chi connectivity index (χ4v) is 5.33. The number of hydrogen-bond donors (Lipinski definition) is 3. The van der Waals surface area contributed by atoms with Gasteiger partial charge >= 0.3 is 0 Å². The number of carbonyl (C=O) groups is 1. The van der Waals surface area contributed by atoms with Crippen LogP contribution in [0.3, 0.4) is 0 Å². The number of amides is 1. The number of ether oxygens (including phenoxy) is 2. The number of nitrogens with zero attached hydrogens (tertiary/aromatic N) is 1. The number of nitrogens with two attached hydrogens (primary N) is 1. The Morgan fingerprint density at radius 1 is 1.43 bits per heavy atom. The molecule has 0 spiro atoms. The average molecular weight is 382 g/mol. The summed E-state index contributed by atoms with van der Waals surface area (Å²) in [6.45, 7) is 4.03. The number of hydrazine groups is 1. The molecule has 7 nitrogen and oxygen atoms in total. The van der Waals surface area contributed by atoms with Crippen LogP contribution in [-0.4, -0.2) is 42.1 Å². The first-order valence-corrected chi connectivity index (χ1v) is 9.89. The molecule has 4 N–H and O–H groups in total. The lowest BCUT2D eigenvalue weighted by Crippen LogP contribution is -2.52. The summed E-state index contributed by atoms with van der Waals surface area (Å²) in [7, 11) is 1.70. The molecule has 4 heterocycles. The number of H-pyrrole nitrogens is 1. The van der Waals surface area contributed by atoms with E-state index < -0.39 is 0 Å². The van der Waals surface area contributed by atoms with Gasteiger partial charge in [0.05, 0.1) is 31.1 Å². The maximum Gasteiger partial charge on any atom is 0.264 e. The third kappa shape index (κ3) is 2.53. The van der Waals surface area contributed by atoms with Gasteiger partial charge in [-0.15, -0.1) is 0 Å². The number of nitrogens with one attached hydrogen (secondary N) is 2. The van der Waals surface area contributed by atoms with Gasteiger partial charge in [0.25, 0.3) is 5.91 Å². The molecule has 1 saturated heterocycles. The fourth-order valence-electron chi connectivity index (χ4n) is 5.33. The van der Waals surface area contributed by atoms with Gasteiger partial charge in [-0.2, -0.15) is 0 Å². The van der Waals surface area contributed by atoms with E-state index in [1.807, 2.05) is 6.07 Å². The average Bonchev–Trinajstić information content (AvgIpc) is 3.10. The summed E-state index contributed by atoms with van der Waals surface area (Å²) in [4.78, 5) is 18.5. The van der Waals surface area contributed by atoms with Gasteiger partial charge in [-0.1, -0.05) is 0 Å². The number of methoxy groups -OCH3 is 1. The predicted octanol–water partition coefficient (Wildman–Crippen LogP) is 2.00. The molecule has 2 aromatic rings. The van der Waals surface area contributed by atoms with Crippen LogP contribution in [0.15, 0.2) is 30.0 Å². The summed E-state index contributed by atoms with van der Waals surface area (Å²) < 4.78 is 11.2. The van der Waals surface area contributed by atoms with Crippen molar-refractivity contribution in [1.29, 1.82) is 0 Å². The number of benzene rings is 1. The van der Waals surface area contributed by atoms with Crippen molar-refractivity contribution in [3.8, 4) is 5.75 Å². The number of carbonyl (C=O) groups excluding carboxylic acids is 1. The highest BCUT2D eigenvalue weighted by molar-refractivity contribution is 5.93. The maximum absolute atomic E-state index is 12.3. The molecule has 28 heavy (non-hydrogen) atoms. The van der Waals surface area contributed by atoms with Gasteiger partial charge < -0.3 is 14.5 Å². The van der Waals surface area contributed by atoms with Gasteiger partial charge in [-0.25, -0.2) is 5.84 Å². The zero-order valence-corrected chi connectivity index (χ0v) is 16.2. The van der Waals surface area contributed by atoms with Crippen LogP contribution in [0.1, 0.15) is 30.6 Å². The Balaban J connectivity index is 1.54. The highest BCUT2D eigenvalue weighted by Crippen LogP contribution is 2.47. The van der Waals surface area contributed by atoms with Crippen LogP contribution in [-0.2, 0) is 16.0 Å². The molecule has 3 aliphatic heterocycles. The summed E-state index contributed by atoms with van der Waals surface area (Å²) in [6, 6.07) is 6.47. The molecule has 3 aliphatic rings. The highest BCUT2D eigenvalue weighted by Gasteiger charge is 2.46. The van der Waals surface area contributed by atoms with Crippen LogP contribution in [0.25, 0.3) is 10.9 Å². The number of hydrogen-bond acceptors (Lipinski definition) is 5. The zero-order valence-electron chi connectivity index (χ0n) is 16.2. The van der Waals surface area contributed by atoms with E-state index in [1.54, 1.807) is 13.4 Å². The van der Waals surface area contributed by atoms with Crippen molar-refractivity contribution in [1.82, 2.24) is 15.3 Å². The lowest BCUT2D eigenvalue weighted by atomic mass is 9.72. The molecule has 1 amide bonds. The molecule has 7 heteroatoms. The fraction of sp³-hybridized carbons (Fsp3) is 0.476. The topological polar surface area (TPSA) is 92.6 Å². The number of rotatable bonds is 2. The Kier molecular flexibility index (Phi) is 4.10. The van der Waals surface area contributed by atoms with Crippen molar-refractivity contribution in [3.63, 3.8) is 0 Å². The largest absolute Gasteiger partial charge is 0.497 e. The summed E-state index contributed by atoms with van der Waals surface area (Å²) in [5.41, 5.74) is 6.75. The normalized spacial score (nSPS) is 29.2. The number of fused-ring (bicyclic) bond motifs is 6. The Hall–Kier alpha value is -2.51. The quantitative estimate of drug-likeness (QED) is 0.420. The Morgan fingerprint density at radius 2 is 2.29 bits per heavy atom. The van der Waals surface area contributed by atoms with E-state index in [0.717, 1.165) is 37.2 Å². The van der Waals surface area contributed by atoms with Gasteiger partial charge in [0, 0.05) is 41.5 Å². The summed E-state index contributed by atoms with van der Waals surface area (Å²) in [5, 5.41) is 1.24. The van der Waals surface area contributed by atoms with E-state index >= 15 is 0 Å². The summed E-state index contributed by atoms with van der Waals surface area (Å²) >= 11 is 0. The molecule has 4 atom stereocenters. The minimum Gasteiger partial charge on any atom is -0.497 e. The van der Waals surface area contributed by atoms with E-state index in [0.29, 0.717) is 11.5 Å². The SMILES string of the molecule is COc1ccc2[nH]c3c(c2c1)CCN1C[C@@H]2[C@H](C)OC=C(C(=O)NN)[C@H]2C[C@@H]31. The molecule has 0 unspecified atom stereocenters. The van der Waals surface area contributed by atoms with Crippen LogP contribution in [0.4, 0.5) is 0 Å². The van der Waals surface area contributed by atoms with E-state index in [2.05, 4.69) is 34.4 Å². The molecular formula is C21H26N4O3. The molecule has 1 fully saturated rings. The van der Waals surface area contributed by atoms with E-state index in [-0.39, 0.29) is 24.0 Å². The van der Waals surface area contributed by atoms with Crippen LogP contribution in [0, 0.1) is 11.8 Å². The van der Waals surface area contributed by atoms with Gasteiger partial charge in [0.15, 0.2) is 0 Å². The molecule has 1 aromatic heterocycles. The molecule has 5 rings (SSSR count). The molecule has 148 valence electrons. The van der Waals surface area contributed by atoms with Crippen molar-refractivity contribution in [2.75, 3.05) is 20.2 Å². The first-order chi connectivity index (χ1) is 13.6. The maximum atomic E-state index is 12.3. The minimum atomic E-state index is -0.243. The van der Waals surface area contributed by atoms with Gasteiger partial charge in [0.2, 0.25) is 0 Å². The molecule has 0 radical (unpaired) electrons. The molecular weight excluding hydrogens is 356 g/mol. The first kappa shape index (κ1) is 17.6. The Morgan fingerprint density at radius 3 is 3.07 bits per heavy atom. The molecule has 1 aromatic carbocycles. The van der Waals surface area contributed by atoms with Gasteiger partial charge in [-0.05, 0) is 43.5 Å². The smallest absolute Gasteiger partial charge is 0.264 e. The summed E-state index contributed by atoms with van der Waals surface area (Å²) in [6.07, 6.45) is 3.60. The number of aromatic nitrogens is 1. The lowest BCUT2D eigenvalue weighted by Gasteiger charge is -2.49. The van der Waals surface area contributed by atoms with Crippen LogP contribution < -0.4 is 16.0 Å². The second-order valence-electron chi connectivity index (χ2n) is 8.08. The minimum absolute atomic E-state index is 0.0913. The molecule has 0 bridgehead atoms. The zero-order chi connectivity index (χ0) is 19.4. The van der Waals surface area contributed by atoms with Gasteiger partial charge in [-0.3, -0.25) is 15.1 Å². The van der Waals surface area contributed by atoms with Crippen molar-refractivity contribution in [2.24, 2.45) is 17.7 Å². The number of aromatic amines is 1. The Labute approximate surface area is 163 Å². The standard InChI is InChI=1S/C21H26N4O3/c1-11-16-9-25-6-5-13-15-7-12(27-2)3-4-18(15)23-20(13)19(25)8-14(16)17(10-28-11)21(26)24-22/h3-4,7,10-11,14,16,19,23H,5-6,8-9,22H2,1-2H3,(H,24,26)/t11-,14-,16+,19-/m0/s1. The van der Waals surface area contributed by atoms with Crippen molar-refractivity contribution in [3.05, 3.63) is 41.3 Å².